The molecule has 7 nitrogen and oxygen atoms in total. The summed E-state index contributed by atoms with van der Waals surface area (Å²) in [5.74, 6) is 1.24. The number of carbonyl (C=O) groups is 1. The Kier molecular flexibility index (Phi) is 4.33. The van der Waals surface area contributed by atoms with Crippen molar-refractivity contribution in [1.29, 1.82) is 0 Å². The highest BCUT2D eigenvalue weighted by Gasteiger charge is 2.09. The van der Waals surface area contributed by atoms with E-state index in [0.29, 0.717) is 28.8 Å². The second-order valence-electron chi connectivity index (χ2n) is 4.70. The Morgan fingerprint density at radius 3 is 2.48 bits per heavy atom. The van der Waals surface area contributed by atoms with Gasteiger partial charge in [0.25, 0.3) is 5.91 Å². The lowest BCUT2D eigenvalue weighted by Crippen LogP contribution is -2.13. The second kappa shape index (κ2) is 6.57. The molecule has 0 aliphatic carbocycles. The van der Waals surface area contributed by atoms with Crippen molar-refractivity contribution in [2.24, 2.45) is 0 Å². The van der Waals surface area contributed by atoms with E-state index in [-0.39, 0.29) is 5.91 Å². The molecule has 23 heavy (non-hydrogen) atoms. The summed E-state index contributed by atoms with van der Waals surface area (Å²) < 4.78 is 5.88. The molecule has 0 radical (unpaired) electrons. The highest BCUT2D eigenvalue weighted by molar-refractivity contribution is 9.10. The number of benzene rings is 1. The summed E-state index contributed by atoms with van der Waals surface area (Å²) in [6.07, 6.45) is 2.88. The summed E-state index contributed by atoms with van der Waals surface area (Å²) in [6, 6.07) is 9.01. The van der Waals surface area contributed by atoms with Crippen molar-refractivity contribution in [3.63, 3.8) is 0 Å². The first-order valence-electron chi connectivity index (χ1n) is 6.69. The Balaban J connectivity index is 1.66. The van der Waals surface area contributed by atoms with Crippen molar-refractivity contribution in [2.45, 2.75) is 6.92 Å². The Hall–Kier alpha value is -2.74. The number of amides is 1. The van der Waals surface area contributed by atoms with Crippen molar-refractivity contribution in [1.82, 2.24) is 15.1 Å². The molecule has 3 rings (SSSR count). The van der Waals surface area contributed by atoms with Crippen LogP contribution in [0.5, 0.6) is 0 Å². The third-order valence-electron chi connectivity index (χ3n) is 2.88. The number of aryl methyl sites for hydroxylation is 1. The first kappa shape index (κ1) is 15.2. The maximum atomic E-state index is 12.1. The number of nitrogens with one attached hydrogen (secondary N) is 2. The highest BCUT2D eigenvalue weighted by Crippen LogP contribution is 2.15. The molecular weight excluding hydrogens is 362 g/mol. The normalized spacial score (nSPS) is 10.3. The van der Waals surface area contributed by atoms with E-state index >= 15 is 0 Å². The molecule has 8 heteroatoms. The van der Waals surface area contributed by atoms with Crippen LogP contribution in [0.15, 0.2) is 51.7 Å². The zero-order valence-corrected chi connectivity index (χ0v) is 13.7. The number of nitrogens with zero attached hydrogens (tertiary/aromatic N) is 3. The summed E-state index contributed by atoms with van der Waals surface area (Å²) in [5.41, 5.74) is 1.05. The molecule has 0 aliphatic rings. The molecule has 0 saturated carbocycles. The van der Waals surface area contributed by atoms with Crippen molar-refractivity contribution in [3.05, 3.63) is 58.5 Å². The number of hydrogen-bond donors (Lipinski definition) is 2. The van der Waals surface area contributed by atoms with E-state index in [1.807, 2.05) is 12.1 Å². The molecule has 0 bridgehead atoms. The van der Waals surface area contributed by atoms with E-state index in [2.05, 4.69) is 41.7 Å². The molecule has 1 amide bonds. The zero-order valence-electron chi connectivity index (χ0n) is 12.1. The van der Waals surface area contributed by atoms with Crippen LogP contribution in [0.2, 0.25) is 0 Å². The Labute approximate surface area is 140 Å². The first-order valence-corrected chi connectivity index (χ1v) is 7.49. The van der Waals surface area contributed by atoms with Crippen molar-refractivity contribution < 1.29 is 9.32 Å². The maximum absolute atomic E-state index is 12.1. The van der Waals surface area contributed by atoms with Crippen LogP contribution >= 0.6 is 15.9 Å². The predicted octanol–water partition coefficient (Wildman–Crippen LogP) is 3.53. The molecule has 0 atom stereocenters. The fourth-order valence-corrected chi connectivity index (χ4v) is 2.05. The standard InChI is InChI=1S/C15H12BrN5O2/c1-9-6-13(21-23-9)20-15-17-7-10(8-18-15)14(22)19-12-4-2-11(16)3-5-12/h2-8H,1H3,(H,19,22)(H,17,18,20,21). The zero-order chi connectivity index (χ0) is 16.2. The van der Waals surface area contributed by atoms with Gasteiger partial charge < -0.3 is 15.2 Å². The number of hydrogen-bond acceptors (Lipinski definition) is 6. The molecule has 0 aliphatic heterocycles. The number of carbonyl (C=O) groups excluding carboxylic acids is 1. The Morgan fingerprint density at radius 2 is 1.87 bits per heavy atom. The van der Waals surface area contributed by atoms with Crippen LogP contribution in [0.4, 0.5) is 17.5 Å². The largest absolute Gasteiger partial charge is 0.360 e. The van der Waals surface area contributed by atoms with Gasteiger partial charge >= 0.3 is 0 Å². The molecule has 2 aromatic heterocycles. The first-order chi connectivity index (χ1) is 11.1. The smallest absolute Gasteiger partial charge is 0.258 e. The number of rotatable bonds is 4. The summed E-state index contributed by atoms with van der Waals surface area (Å²) in [6.45, 7) is 1.79. The van der Waals surface area contributed by atoms with Gasteiger partial charge in [0, 0.05) is 28.6 Å². The molecule has 0 spiro atoms. The Morgan fingerprint density at radius 1 is 1.17 bits per heavy atom. The van der Waals surface area contributed by atoms with Gasteiger partial charge in [-0.05, 0) is 31.2 Å². The lowest BCUT2D eigenvalue weighted by molar-refractivity contribution is 0.102. The van der Waals surface area contributed by atoms with E-state index in [9.17, 15) is 4.79 Å². The van der Waals surface area contributed by atoms with Gasteiger partial charge in [0.05, 0.1) is 5.56 Å². The fraction of sp³-hybridized carbons (Fsp3) is 0.0667. The second-order valence-corrected chi connectivity index (χ2v) is 5.62. The number of anilines is 3. The predicted molar refractivity (Wildman–Crippen MR) is 88.6 cm³/mol. The monoisotopic (exact) mass is 373 g/mol. The van der Waals surface area contributed by atoms with Gasteiger partial charge in [-0.2, -0.15) is 0 Å². The minimum Gasteiger partial charge on any atom is -0.360 e. The average molecular weight is 374 g/mol. The fourth-order valence-electron chi connectivity index (χ4n) is 1.79. The SMILES string of the molecule is Cc1cc(Nc2ncc(C(=O)Nc3ccc(Br)cc3)cn2)no1. The van der Waals surface area contributed by atoms with E-state index in [0.717, 1.165) is 4.47 Å². The quantitative estimate of drug-likeness (QED) is 0.726. The molecule has 3 aromatic rings. The molecule has 116 valence electrons. The molecular formula is C15H12BrN5O2. The summed E-state index contributed by atoms with van der Waals surface area (Å²) in [5, 5.41) is 9.44. The van der Waals surface area contributed by atoms with Crippen molar-refractivity contribution in [2.75, 3.05) is 10.6 Å². The minimum absolute atomic E-state index is 0.281. The van der Waals surface area contributed by atoms with Gasteiger partial charge in [-0.15, -0.1) is 0 Å². The van der Waals surface area contributed by atoms with Gasteiger partial charge in [-0.1, -0.05) is 21.1 Å². The third kappa shape index (κ3) is 3.92. The Bertz CT molecular complexity index is 815. The summed E-state index contributed by atoms with van der Waals surface area (Å²) >= 11 is 3.34. The lowest BCUT2D eigenvalue weighted by Gasteiger charge is -2.05. The van der Waals surface area contributed by atoms with Crippen LogP contribution in [-0.4, -0.2) is 21.0 Å². The van der Waals surface area contributed by atoms with E-state index in [4.69, 9.17) is 4.52 Å². The summed E-state index contributed by atoms with van der Waals surface area (Å²) in [7, 11) is 0. The molecule has 2 N–H and O–H groups in total. The molecule has 1 aromatic carbocycles. The van der Waals surface area contributed by atoms with Crippen LogP contribution < -0.4 is 10.6 Å². The average Bonchev–Trinajstić information content (AvgIpc) is 2.95. The number of halogens is 1. The van der Waals surface area contributed by atoms with Crippen molar-refractivity contribution in [3.8, 4) is 0 Å². The molecule has 0 fully saturated rings. The number of aromatic nitrogens is 3. The molecule has 0 unspecified atom stereocenters. The maximum Gasteiger partial charge on any atom is 0.258 e. The van der Waals surface area contributed by atoms with E-state index < -0.39 is 0 Å². The highest BCUT2D eigenvalue weighted by atomic mass is 79.9. The van der Waals surface area contributed by atoms with Gasteiger partial charge in [0.15, 0.2) is 5.82 Å². The van der Waals surface area contributed by atoms with Gasteiger partial charge in [0.2, 0.25) is 5.95 Å². The van der Waals surface area contributed by atoms with E-state index in [1.54, 1.807) is 25.1 Å². The van der Waals surface area contributed by atoms with E-state index in [1.165, 1.54) is 12.4 Å². The van der Waals surface area contributed by atoms with Crippen LogP contribution in [0.3, 0.4) is 0 Å². The summed E-state index contributed by atoms with van der Waals surface area (Å²) in [4.78, 5) is 20.3. The van der Waals surface area contributed by atoms with Crippen molar-refractivity contribution >= 4 is 39.3 Å². The minimum atomic E-state index is -0.281. The van der Waals surface area contributed by atoms with Gasteiger partial charge in [-0.25, -0.2) is 9.97 Å². The molecule has 2 heterocycles. The van der Waals surface area contributed by atoms with Crippen LogP contribution in [0.1, 0.15) is 16.1 Å². The lowest BCUT2D eigenvalue weighted by atomic mass is 10.3. The molecule has 0 saturated heterocycles. The van der Waals surface area contributed by atoms with Crippen LogP contribution in [0, 0.1) is 6.92 Å². The van der Waals surface area contributed by atoms with Crippen LogP contribution in [0.25, 0.3) is 0 Å². The van der Waals surface area contributed by atoms with Gasteiger partial charge in [0.1, 0.15) is 5.76 Å². The van der Waals surface area contributed by atoms with Crippen LogP contribution in [-0.2, 0) is 0 Å². The third-order valence-corrected chi connectivity index (χ3v) is 3.41. The topological polar surface area (TPSA) is 92.9 Å². The van der Waals surface area contributed by atoms with Gasteiger partial charge in [-0.3, -0.25) is 4.79 Å².